The monoisotopic (exact) mass is 416 g/mol. The zero-order valence-electron chi connectivity index (χ0n) is 17.0. The number of aryl methyl sites for hydroxylation is 3. The maximum atomic E-state index is 12.8. The summed E-state index contributed by atoms with van der Waals surface area (Å²) in [6, 6.07) is 21.0. The van der Waals surface area contributed by atoms with Gasteiger partial charge in [0.1, 0.15) is 0 Å². The number of nitrogens with one attached hydrogen (secondary N) is 1. The first-order chi connectivity index (χ1) is 14.4. The molecule has 3 aromatic carbocycles. The summed E-state index contributed by atoms with van der Waals surface area (Å²) in [6.07, 6.45) is 0. The van der Waals surface area contributed by atoms with Gasteiger partial charge in [0, 0.05) is 16.3 Å². The van der Waals surface area contributed by atoms with Crippen LogP contribution in [-0.4, -0.2) is 20.7 Å². The van der Waals surface area contributed by atoms with E-state index in [2.05, 4.69) is 29.2 Å². The Bertz CT molecular complexity index is 1250. The molecule has 0 fully saturated rings. The van der Waals surface area contributed by atoms with Crippen molar-refractivity contribution >= 4 is 23.2 Å². The Kier molecular flexibility index (Phi) is 5.38. The second-order valence-electron chi connectivity index (χ2n) is 7.27. The van der Waals surface area contributed by atoms with E-state index in [0.29, 0.717) is 16.5 Å². The number of hydrogen-bond acceptors (Lipinski definition) is 3. The van der Waals surface area contributed by atoms with E-state index >= 15 is 0 Å². The Morgan fingerprint density at radius 1 is 0.933 bits per heavy atom. The Labute approximate surface area is 180 Å². The van der Waals surface area contributed by atoms with Crippen LogP contribution in [0.3, 0.4) is 0 Å². The molecule has 150 valence electrons. The third kappa shape index (κ3) is 4.11. The Balaban J connectivity index is 1.79. The van der Waals surface area contributed by atoms with Crippen molar-refractivity contribution in [3.63, 3.8) is 0 Å². The number of halogens is 1. The van der Waals surface area contributed by atoms with E-state index in [4.69, 9.17) is 11.6 Å². The lowest BCUT2D eigenvalue weighted by molar-refractivity contribution is 0.101. The lowest BCUT2D eigenvalue weighted by atomic mass is 10.1. The molecule has 0 saturated carbocycles. The standard InChI is InChI=1S/C24H21ClN4O/c1-15-6-4-7-18(12-15)23-27-22(24(30)26-20-9-5-8-19(25)14-20)28-29(23)21-11-10-16(2)17(3)13-21/h4-14H,1-3H3,(H,26,30). The van der Waals surface area contributed by atoms with Gasteiger partial charge in [0.15, 0.2) is 5.82 Å². The van der Waals surface area contributed by atoms with E-state index in [0.717, 1.165) is 22.4 Å². The number of benzene rings is 3. The van der Waals surface area contributed by atoms with Gasteiger partial charge in [0.25, 0.3) is 5.91 Å². The van der Waals surface area contributed by atoms with Gasteiger partial charge in [0.05, 0.1) is 5.69 Å². The molecule has 30 heavy (non-hydrogen) atoms. The summed E-state index contributed by atoms with van der Waals surface area (Å²) in [7, 11) is 0. The quantitative estimate of drug-likeness (QED) is 0.459. The number of aromatic nitrogens is 3. The third-order valence-electron chi connectivity index (χ3n) is 4.90. The van der Waals surface area contributed by atoms with Crippen molar-refractivity contribution in [2.75, 3.05) is 5.32 Å². The van der Waals surface area contributed by atoms with Crippen molar-refractivity contribution in [1.82, 2.24) is 14.8 Å². The van der Waals surface area contributed by atoms with Crippen molar-refractivity contribution in [2.45, 2.75) is 20.8 Å². The molecule has 0 aliphatic heterocycles. The Hall–Kier alpha value is -3.44. The predicted octanol–water partition coefficient (Wildman–Crippen LogP) is 5.77. The van der Waals surface area contributed by atoms with E-state index in [1.807, 2.05) is 49.4 Å². The zero-order chi connectivity index (χ0) is 21.3. The average molecular weight is 417 g/mol. The van der Waals surface area contributed by atoms with Gasteiger partial charge >= 0.3 is 0 Å². The van der Waals surface area contributed by atoms with Gasteiger partial charge in [0.2, 0.25) is 5.82 Å². The normalized spacial score (nSPS) is 10.8. The third-order valence-corrected chi connectivity index (χ3v) is 5.14. The van der Waals surface area contributed by atoms with Gasteiger partial charge in [-0.15, -0.1) is 5.10 Å². The van der Waals surface area contributed by atoms with E-state index in [1.165, 1.54) is 5.56 Å². The highest BCUT2D eigenvalue weighted by atomic mass is 35.5. The molecule has 0 spiro atoms. The maximum absolute atomic E-state index is 12.8. The molecule has 6 heteroatoms. The molecular weight excluding hydrogens is 396 g/mol. The molecule has 0 saturated heterocycles. The minimum absolute atomic E-state index is 0.0877. The van der Waals surface area contributed by atoms with Crippen molar-refractivity contribution in [3.05, 3.63) is 94.3 Å². The van der Waals surface area contributed by atoms with Crippen LogP contribution in [-0.2, 0) is 0 Å². The van der Waals surface area contributed by atoms with Crippen molar-refractivity contribution in [1.29, 1.82) is 0 Å². The van der Waals surface area contributed by atoms with Gasteiger partial charge in [-0.25, -0.2) is 9.67 Å². The van der Waals surface area contributed by atoms with Crippen molar-refractivity contribution in [2.24, 2.45) is 0 Å². The van der Waals surface area contributed by atoms with Crippen molar-refractivity contribution in [3.8, 4) is 17.1 Å². The second-order valence-corrected chi connectivity index (χ2v) is 7.71. The van der Waals surface area contributed by atoms with Gasteiger partial charge in [-0.05, 0) is 68.3 Å². The highest BCUT2D eigenvalue weighted by Crippen LogP contribution is 2.24. The number of carbonyl (C=O) groups is 1. The smallest absolute Gasteiger partial charge is 0.295 e. The van der Waals surface area contributed by atoms with Crippen LogP contribution in [0.5, 0.6) is 0 Å². The van der Waals surface area contributed by atoms with E-state index in [1.54, 1.807) is 28.9 Å². The summed E-state index contributed by atoms with van der Waals surface area (Å²) in [5.41, 5.74) is 5.77. The molecule has 1 heterocycles. The van der Waals surface area contributed by atoms with Crippen LogP contribution >= 0.6 is 11.6 Å². The van der Waals surface area contributed by atoms with E-state index in [-0.39, 0.29) is 5.82 Å². The summed E-state index contributed by atoms with van der Waals surface area (Å²) < 4.78 is 1.72. The van der Waals surface area contributed by atoms with Gasteiger partial charge < -0.3 is 5.32 Å². The Morgan fingerprint density at radius 3 is 2.47 bits per heavy atom. The molecule has 0 unspecified atom stereocenters. The highest BCUT2D eigenvalue weighted by Gasteiger charge is 2.19. The largest absolute Gasteiger partial charge is 0.319 e. The molecule has 1 aromatic heterocycles. The molecule has 5 nitrogen and oxygen atoms in total. The predicted molar refractivity (Wildman–Crippen MR) is 120 cm³/mol. The summed E-state index contributed by atoms with van der Waals surface area (Å²) in [5.74, 6) is 0.302. The van der Waals surface area contributed by atoms with Crippen LogP contribution < -0.4 is 5.32 Å². The first-order valence-corrected chi connectivity index (χ1v) is 9.97. The minimum atomic E-state index is -0.395. The van der Waals surface area contributed by atoms with E-state index < -0.39 is 5.91 Å². The van der Waals surface area contributed by atoms with Gasteiger partial charge in [-0.2, -0.15) is 0 Å². The van der Waals surface area contributed by atoms with Crippen LogP contribution in [0.25, 0.3) is 17.1 Å². The average Bonchev–Trinajstić information content (AvgIpc) is 3.16. The molecule has 0 bridgehead atoms. The first-order valence-electron chi connectivity index (χ1n) is 9.59. The molecule has 0 radical (unpaired) electrons. The molecule has 0 atom stereocenters. The molecular formula is C24H21ClN4O. The number of amides is 1. The summed E-state index contributed by atoms with van der Waals surface area (Å²) in [6.45, 7) is 6.13. The lowest BCUT2D eigenvalue weighted by Crippen LogP contribution is -2.14. The fourth-order valence-corrected chi connectivity index (χ4v) is 3.36. The number of rotatable bonds is 4. The van der Waals surface area contributed by atoms with Crippen molar-refractivity contribution < 1.29 is 4.79 Å². The number of anilines is 1. The van der Waals surface area contributed by atoms with Gasteiger partial charge in [-0.1, -0.05) is 47.5 Å². The topological polar surface area (TPSA) is 59.8 Å². The SMILES string of the molecule is Cc1cccc(-c2nc(C(=O)Nc3cccc(Cl)c3)nn2-c2ccc(C)c(C)c2)c1. The zero-order valence-corrected chi connectivity index (χ0v) is 17.7. The molecule has 1 N–H and O–H groups in total. The first kappa shape index (κ1) is 19.9. The maximum Gasteiger partial charge on any atom is 0.295 e. The highest BCUT2D eigenvalue weighted by molar-refractivity contribution is 6.30. The molecule has 1 amide bonds. The van der Waals surface area contributed by atoms with Crippen LogP contribution in [0.2, 0.25) is 5.02 Å². The molecule has 0 aliphatic rings. The number of hydrogen-bond donors (Lipinski definition) is 1. The number of nitrogens with zero attached hydrogens (tertiary/aromatic N) is 3. The van der Waals surface area contributed by atoms with Gasteiger partial charge in [-0.3, -0.25) is 4.79 Å². The second kappa shape index (κ2) is 8.13. The summed E-state index contributed by atoms with van der Waals surface area (Å²) in [4.78, 5) is 17.4. The van der Waals surface area contributed by atoms with Crippen LogP contribution in [0.4, 0.5) is 5.69 Å². The molecule has 4 rings (SSSR count). The fourth-order valence-electron chi connectivity index (χ4n) is 3.17. The Morgan fingerprint density at radius 2 is 1.73 bits per heavy atom. The van der Waals surface area contributed by atoms with Crippen LogP contribution in [0.1, 0.15) is 27.3 Å². The fraction of sp³-hybridized carbons (Fsp3) is 0.125. The molecule has 0 aliphatic carbocycles. The molecule has 4 aromatic rings. The number of carbonyl (C=O) groups excluding carboxylic acids is 1. The van der Waals surface area contributed by atoms with E-state index in [9.17, 15) is 4.79 Å². The summed E-state index contributed by atoms with van der Waals surface area (Å²) >= 11 is 6.02. The lowest BCUT2D eigenvalue weighted by Gasteiger charge is -2.09. The van der Waals surface area contributed by atoms with Crippen LogP contribution in [0, 0.1) is 20.8 Å². The minimum Gasteiger partial charge on any atom is -0.319 e. The van der Waals surface area contributed by atoms with Crippen LogP contribution in [0.15, 0.2) is 66.7 Å². The summed E-state index contributed by atoms with van der Waals surface area (Å²) in [5, 5.41) is 7.89.